The highest BCUT2D eigenvalue weighted by Crippen LogP contribution is 2.21. The lowest BCUT2D eigenvalue weighted by molar-refractivity contribution is 0.414. The van der Waals surface area contributed by atoms with Crippen molar-refractivity contribution in [1.82, 2.24) is 0 Å². The van der Waals surface area contributed by atoms with E-state index in [2.05, 4.69) is 4.90 Å². The molecule has 0 saturated carbocycles. The first kappa shape index (κ1) is 15.3. The average Bonchev–Trinajstić information content (AvgIpc) is 2.52. The van der Waals surface area contributed by atoms with E-state index >= 15 is 0 Å². The van der Waals surface area contributed by atoms with Gasteiger partial charge in [-0.3, -0.25) is 0 Å². The molecular formula is C17H21FN2O. The molecule has 112 valence electrons. The monoisotopic (exact) mass is 288 g/mol. The molecule has 21 heavy (non-hydrogen) atoms. The molecule has 0 aliphatic rings. The normalized spacial score (nSPS) is 12.0. The summed E-state index contributed by atoms with van der Waals surface area (Å²) in [4.78, 5) is 2.07. The molecule has 0 aliphatic carbocycles. The second-order valence-electron chi connectivity index (χ2n) is 4.90. The fraction of sp³-hybridized carbons (Fsp3) is 0.294. The predicted octanol–water partition coefficient (Wildman–Crippen LogP) is 3.36. The summed E-state index contributed by atoms with van der Waals surface area (Å²) in [5.41, 5.74) is 8.14. The van der Waals surface area contributed by atoms with Crippen LogP contribution in [0.2, 0.25) is 0 Å². The Kier molecular flexibility index (Phi) is 5.17. The van der Waals surface area contributed by atoms with Gasteiger partial charge in [0, 0.05) is 24.8 Å². The molecular weight excluding hydrogens is 267 g/mol. The number of hydrogen-bond donors (Lipinski definition) is 1. The van der Waals surface area contributed by atoms with Gasteiger partial charge in [0.05, 0.1) is 7.11 Å². The Morgan fingerprint density at radius 1 is 1.19 bits per heavy atom. The van der Waals surface area contributed by atoms with Gasteiger partial charge in [0.1, 0.15) is 11.6 Å². The number of likely N-dealkylation sites (N-methyl/N-ethyl adjacent to an activating group) is 1. The second-order valence-corrected chi connectivity index (χ2v) is 4.90. The molecule has 1 unspecified atom stereocenters. The zero-order valence-electron chi connectivity index (χ0n) is 12.4. The first-order valence-electron chi connectivity index (χ1n) is 7.04. The molecule has 0 fully saturated rings. The van der Waals surface area contributed by atoms with E-state index in [4.69, 9.17) is 10.5 Å². The molecule has 0 aliphatic heterocycles. The number of nitrogens with zero attached hydrogens (tertiary/aromatic N) is 1. The van der Waals surface area contributed by atoms with Crippen LogP contribution in [-0.2, 0) is 0 Å². The summed E-state index contributed by atoms with van der Waals surface area (Å²) in [5.74, 6) is 0.576. The summed E-state index contributed by atoms with van der Waals surface area (Å²) < 4.78 is 18.5. The van der Waals surface area contributed by atoms with Crippen molar-refractivity contribution in [2.24, 2.45) is 5.73 Å². The second kappa shape index (κ2) is 7.09. The summed E-state index contributed by atoms with van der Waals surface area (Å²) in [7, 11) is 1.64. The van der Waals surface area contributed by atoms with Gasteiger partial charge < -0.3 is 15.4 Å². The van der Waals surface area contributed by atoms with Crippen LogP contribution in [0.25, 0.3) is 0 Å². The van der Waals surface area contributed by atoms with Gasteiger partial charge in [-0.1, -0.05) is 18.2 Å². The number of anilines is 1. The van der Waals surface area contributed by atoms with Crippen LogP contribution in [0.1, 0.15) is 18.5 Å². The number of rotatable bonds is 6. The first-order valence-corrected chi connectivity index (χ1v) is 7.04. The average molecular weight is 288 g/mol. The minimum Gasteiger partial charge on any atom is -0.497 e. The van der Waals surface area contributed by atoms with Crippen molar-refractivity contribution in [3.05, 3.63) is 59.9 Å². The number of hydrogen-bond acceptors (Lipinski definition) is 3. The van der Waals surface area contributed by atoms with Crippen LogP contribution in [0, 0.1) is 5.82 Å². The molecule has 0 bridgehead atoms. The molecule has 2 aromatic rings. The smallest absolute Gasteiger partial charge is 0.125 e. The molecule has 0 radical (unpaired) electrons. The summed E-state index contributed by atoms with van der Waals surface area (Å²) in [6.45, 7) is 3.44. The Bertz CT molecular complexity index is 571. The van der Waals surface area contributed by atoms with Crippen molar-refractivity contribution >= 4 is 5.69 Å². The molecule has 1 atom stereocenters. The van der Waals surface area contributed by atoms with Gasteiger partial charge in [0.15, 0.2) is 0 Å². The van der Waals surface area contributed by atoms with Crippen LogP contribution in [-0.4, -0.2) is 20.2 Å². The van der Waals surface area contributed by atoms with E-state index in [0.717, 1.165) is 23.5 Å². The molecule has 0 heterocycles. The van der Waals surface area contributed by atoms with Gasteiger partial charge in [0.25, 0.3) is 0 Å². The number of benzene rings is 2. The van der Waals surface area contributed by atoms with E-state index in [1.807, 2.05) is 37.3 Å². The number of halogens is 1. The van der Waals surface area contributed by atoms with Crippen molar-refractivity contribution < 1.29 is 9.13 Å². The maximum atomic E-state index is 13.3. The predicted molar refractivity (Wildman–Crippen MR) is 84.2 cm³/mol. The number of ether oxygens (including phenoxy) is 1. The molecule has 0 amide bonds. The molecule has 2 rings (SSSR count). The Balaban J connectivity index is 2.10. The van der Waals surface area contributed by atoms with E-state index in [-0.39, 0.29) is 11.9 Å². The first-order chi connectivity index (χ1) is 10.1. The lowest BCUT2D eigenvalue weighted by Crippen LogP contribution is -2.32. The van der Waals surface area contributed by atoms with Crippen molar-refractivity contribution in [3.8, 4) is 5.75 Å². The van der Waals surface area contributed by atoms with Crippen molar-refractivity contribution in [2.75, 3.05) is 25.1 Å². The van der Waals surface area contributed by atoms with Gasteiger partial charge in [-0.2, -0.15) is 0 Å². The minimum absolute atomic E-state index is 0.140. The summed E-state index contributed by atoms with van der Waals surface area (Å²) in [5, 5.41) is 0. The summed E-state index contributed by atoms with van der Waals surface area (Å²) >= 11 is 0. The standard InChI is InChI=1S/C17H21FN2O/c1-3-20(15-6-4-5-14(18)11-15)12-17(19)13-7-9-16(21-2)10-8-13/h4-11,17H,3,12,19H2,1-2H3. The Hall–Kier alpha value is -2.07. The fourth-order valence-corrected chi connectivity index (χ4v) is 2.28. The van der Waals surface area contributed by atoms with Crippen LogP contribution in [0.3, 0.4) is 0 Å². The third-order valence-corrected chi connectivity index (χ3v) is 3.52. The molecule has 4 heteroatoms. The van der Waals surface area contributed by atoms with Crippen LogP contribution in [0.4, 0.5) is 10.1 Å². The molecule has 2 N–H and O–H groups in total. The fourth-order valence-electron chi connectivity index (χ4n) is 2.28. The Labute approximate surface area is 125 Å². The third-order valence-electron chi connectivity index (χ3n) is 3.52. The van der Waals surface area contributed by atoms with E-state index in [0.29, 0.717) is 6.54 Å². The van der Waals surface area contributed by atoms with Gasteiger partial charge >= 0.3 is 0 Å². The van der Waals surface area contributed by atoms with E-state index in [1.54, 1.807) is 13.2 Å². The lowest BCUT2D eigenvalue weighted by atomic mass is 10.1. The van der Waals surface area contributed by atoms with E-state index in [1.165, 1.54) is 12.1 Å². The molecule has 0 spiro atoms. The molecule has 0 saturated heterocycles. The zero-order chi connectivity index (χ0) is 15.2. The van der Waals surface area contributed by atoms with Crippen LogP contribution in [0.15, 0.2) is 48.5 Å². The van der Waals surface area contributed by atoms with Crippen molar-refractivity contribution in [1.29, 1.82) is 0 Å². The largest absolute Gasteiger partial charge is 0.497 e. The minimum atomic E-state index is -0.232. The summed E-state index contributed by atoms with van der Waals surface area (Å²) in [6, 6.07) is 14.2. The van der Waals surface area contributed by atoms with Gasteiger partial charge in [-0.15, -0.1) is 0 Å². The third kappa shape index (κ3) is 3.95. The van der Waals surface area contributed by atoms with Gasteiger partial charge in [0.2, 0.25) is 0 Å². The topological polar surface area (TPSA) is 38.5 Å². The van der Waals surface area contributed by atoms with Crippen molar-refractivity contribution in [2.45, 2.75) is 13.0 Å². The van der Waals surface area contributed by atoms with Crippen LogP contribution >= 0.6 is 0 Å². The molecule has 3 nitrogen and oxygen atoms in total. The SMILES string of the molecule is CCN(CC(N)c1ccc(OC)cc1)c1cccc(F)c1. The van der Waals surface area contributed by atoms with Crippen LogP contribution < -0.4 is 15.4 Å². The highest BCUT2D eigenvalue weighted by atomic mass is 19.1. The van der Waals surface area contributed by atoms with Crippen LogP contribution in [0.5, 0.6) is 5.75 Å². The van der Waals surface area contributed by atoms with Gasteiger partial charge in [-0.25, -0.2) is 4.39 Å². The van der Waals surface area contributed by atoms with Crippen molar-refractivity contribution in [3.63, 3.8) is 0 Å². The lowest BCUT2D eigenvalue weighted by Gasteiger charge is -2.26. The number of methoxy groups -OCH3 is 1. The summed E-state index contributed by atoms with van der Waals surface area (Å²) in [6.07, 6.45) is 0. The maximum absolute atomic E-state index is 13.3. The zero-order valence-corrected chi connectivity index (χ0v) is 12.4. The number of nitrogens with two attached hydrogens (primary N) is 1. The quantitative estimate of drug-likeness (QED) is 0.886. The maximum Gasteiger partial charge on any atom is 0.125 e. The Morgan fingerprint density at radius 2 is 1.90 bits per heavy atom. The van der Waals surface area contributed by atoms with E-state index in [9.17, 15) is 4.39 Å². The highest BCUT2D eigenvalue weighted by molar-refractivity contribution is 5.47. The molecule has 0 aromatic heterocycles. The van der Waals surface area contributed by atoms with E-state index < -0.39 is 0 Å². The molecule has 2 aromatic carbocycles. The Morgan fingerprint density at radius 3 is 2.48 bits per heavy atom. The highest BCUT2D eigenvalue weighted by Gasteiger charge is 2.12. The van der Waals surface area contributed by atoms with Gasteiger partial charge in [-0.05, 0) is 42.8 Å².